The molecule has 1 saturated heterocycles. The fraction of sp³-hybridized carbons (Fsp3) is 0.519. The van der Waals surface area contributed by atoms with Gasteiger partial charge in [0.2, 0.25) is 0 Å². The molecule has 1 unspecified atom stereocenters. The van der Waals surface area contributed by atoms with Gasteiger partial charge in [-0.25, -0.2) is 13.4 Å². The van der Waals surface area contributed by atoms with Gasteiger partial charge in [0.15, 0.2) is 0 Å². The maximum Gasteiger partial charge on any atom is 0.266 e. The number of nitrogens with one attached hydrogen (secondary N) is 2. The predicted octanol–water partition coefficient (Wildman–Crippen LogP) is 6.83. The van der Waals surface area contributed by atoms with Crippen LogP contribution in [0.1, 0.15) is 78.9 Å². The predicted molar refractivity (Wildman–Crippen MR) is 155 cm³/mol. The first-order valence-electron chi connectivity index (χ1n) is 12.9. The lowest BCUT2D eigenvalue weighted by Crippen LogP contribution is -2.37. The van der Waals surface area contributed by atoms with Crippen LogP contribution < -0.4 is 9.46 Å². The third-order valence-corrected chi connectivity index (χ3v) is 9.97. The first-order chi connectivity index (χ1) is 17.6. The minimum atomic E-state index is -3.25. The second-order valence-electron chi connectivity index (χ2n) is 10.5. The first kappa shape index (κ1) is 29.5. The Morgan fingerprint density at radius 3 is 2.32 bits per heavy atom. The summed E-state index contributed by atoms with van der Waals surface area (Å²) in [6.45, 7) is 4.47. The fourth-order valence-corrected chi connectivity index (χ4v) is 6.90. The topological polar surface area (TPSA) is 82.5 Å². The van der Waals surface area contributed by atoms with Crippen molar-refractivity contribution < 1.29 is 18.1 Å². The molecule has 0 spiro atoms. The number of rotatable bonds is 9. The molecule has 1 amide bonds. The van der Waals surface area contributed by atoms with Gasteiger partial charge >= 0.3 is 0 Å². The van der Waals surface area contributed by atoms with E-state index in [1.165, 1.54) is 12.1 Å². The zero-order valence-corrected chi connectivity index (χ0v) is 24.6. The Kier molecular flexibility index (Phi) is 9.24. The maximum absolute atomic E-state index is 15.0. The number of ether oxygens (including phenoxy) is 1. The Hall–Kier alpha value is -1.52. The second-order valence-corrected chi connectivity index (χ2v) is 13.5. The van der Waals surface area contributed by atoms with Gasteiger partial charge in [-0.2, -0.15) is 13.5 Å². The molecule has 38 heavy (non-hydrogen) atoms. The molecule has 2 aromatic carbocycles. The van der Waals surface area contributed by atoms with Crippen molar-refractivity contribution in [3.8, 4) is 5.75 Å². The number of amides is 1. The highest BCUT2D eigenvalue weighted by atomic mass is 35.5. The highest BCUT2D eigenvalue weighted by molar-refractivity contribution is 7.92. The molecule has 2 saturated carbocycles. The van der Waals surface area contributed by atoms with E-state index in [4.69, 9.17) is 32.7 Å². The number of piperidine rings is 1. The van der Waals surface area contributed by atoms with Crippen molar-refractivity contribution in [2.24, 2.45) is 5.92 Å². The second kappa shape index (κ2) is 11.9. The van der Waals surface area contributed by atoms with E-state index in [-0.39, 0.29) is 36.3 Å². The average Bonchev–Trinajstić information content (AvgIpc) is 3.74. The van der Waals surface area contributed by atoms with Crippen LogP contribution in [0.25, 0.3) is 0 Å². The van der Waals surface area contributed by atoms with Gasteiger partial charge < -0.3 is 4.74 Å². The number of halogens is 3. The van der Waals surface area contributed by atoms with Crippen molar-refractivity contribution in [3.63, 3.8) is 0 Å². The third-order valence-electron chi connectivity index (χ3n) is 7.64. The number of nitrogens with zero attached hydrogens (tertiary/aromatic N) is 1. The lowest BCUT2D eigenvalue weighted by atomic mass is 9.95. The minimum absolute atomic E-state index is 0. The van der Waals surface area contributed by atoms with Gasteiger partial charge in [-0.15, -0.1) is 0 Å². The molecular weight excluding hydrogens is 568 g/mol. The summed E-state index contributed by atoms with van der Waals surface area (Å²) in [5.74, 6) is -0.448. The Morgan fingerprint density at radius 1 is 1.11 bits per heavy atom. The van der Waals surface area contributed by atoms with Crippen LogP contribution in [0.3, 0.4) is 0 Å². The Morgan fingerprint density at radius 2 is 1.74 bits per heavy atom. The van der Waals surface area contributed by atoms with Crippen LogP contribution in [-0.4, -0.2) is 40.0 Å². The molecule has 0 radical (unpaired) electrons. The van der Waals surface area contributed by atoms with Crippen LogP contribution in [-0.2, 0) is 9.92 Å². The van der Waals surface area contributed by atoms with Crippen molar-refractivity contribution in [2.45, 2.75) is 62.7 Å². The highest BCUT2D eigenvalue weighted by Gasteiger charge is 2.35. The largest absolute Gasteiger partial charge is 0.493 e. The number of hydrogen-bond donors (Lipinski definition) is 2. The molecule has 208 valence electrons. The van der Waals surface area contributed by atoms with Crippen LogP contribution in [0.2, 0.25) is 10.0 Å². The molecule has 6 nitrogen and oxygen atoms in total. The molecule has 3 fully saturated rings. The number of carbonyl (C=O) groups is 1. The molecule has 1 aliphatic heterocycles. The summed E-state index contributed by atoms with van der Waals surface area (Å²) in [6.07, 6.45) is 5.14. The number of hydrogen-bond acceptors (Lipinski definition) is 5. The van der Waals surface area contributed by atoms with E-state index in [1.54, 1.807) is 6.07 Å². The first-order valence-corrected chi connectivity index (χ1v) is 15.2. The van der Waals surface area contributed by atoms with Crippen LogP contribution >= 0.6 is 36.7 Å². The van der Waals surface area contributed by atoms with Crippen molar-refractivity contribution >= 4 is 52.5 Å². The Bertz CT molecular complexity index is 1270. The summed E-state index contributed by atoms with van der Waals surface area (Å²) in [7, 11) is -3.25. The summed E-state index contributed by atoms with van der Waals surface area (Å²) in [4.78, 5) is 15.1. The van der Waals surface area contributed by atoms with Crippen molar-refractivity contribution in [1.82, 2.24) is 9.62 Å². The molecule has 5 rings (SSSR count). The van der Waals surface area contributed by atoms with Gasteiger partial charge in [-0.05, 0) is 106 Å². The molecule has 3 aliphatic rings. The van der Waals surface area contributed by atoms with E-state index >= 15 is 0 Å². The average molecular weight is 603 g/mol. The van der Waals surface area contributed by atoms with Gasteiger partial charge in [0.1, 0.15) is 21.5 Å². The van der Waals surface area contributed by atoms with Crippen LogP contribution in [0, 0.1) is 16.5 Å². The third kappa shape index (κ3) is 6.97. The van der Waals surface area contributed by atoms with E-state index in [0.29, 0.717) is 41.2 Å². The summed E-state index contributed by atoms with van der Waals surface area (Å²) >= 11 is 12.4. The molecule has 1 heterocycles. The SMILES string of the molecule is C[C@@H](c1cc(Cl)cc(Cl)c1)N1CCC(COc2cc(F)c(C(=O)NS(=N)(=O)C3CC3)cc2C2CC2)CC1.S. The molecule has 2 aliphatic carbocycles. The van der Waals surface area contributed by atoms with E-state index in [1.807, 2.05) is 12.1 Å². The molecule has 11 heteroatoms. The van der Waals surface area contributed by atoms with E-state index < -0.39 is 21.6 Å². The normalized spacial score (nSPS) is 20.7. The Balaban J connectivity index is 0.00000336. The van der Waals surface area contributed by atoms with Gasteiger partial charge in [0.25, 0.3) is 5.91 Å². The van der Waals surface area contributed by atoms with Crippen LogP contribution in [0.4, 0.5) is 4.39 Å². The number of carbonyl (C=O) groups excluding carboxylic acids is 1. The fourth-order valence-electron chi connectivity index (χ4n) is 5.00. The number of likely N-dealkylation sites (tertiary alicyclic amines) is 1. The number of benzene rings is 2. The zero-order chi connectivity index (χ0) is 26.3. The zero-order valence-electron chi connectivity index (χ0n) is 21.3. The van der Waals surface area contributed by atoms with E-state index in [9.17, 15) is 13.4 Å². The Labute approximate surface area is 241 Å². The lowest BCUT2D eigenvalue weighted by Gasteiger charge is -2.36. The maximum atomic E-state index is 15.0. The molecule has 0 bridgehead atoms. The van der Waals surface area contributed by atoms with Crippen molar-refractivity contribution in [3.05, 3.63) is 62.9 Å². The van der Waals surface area contributed by atoms with Gasteiger partial charge in [0, 0.05) is 22.2 Å². The van der Waals surface area contributed by atoms with Crippen molar-refractivity contribution in [1.29, 1.82) is 4.78 Å². The van der Waals surface area contributed by atoms with Gasteiger partial charge in [-0.3, -0.25) is 14.4 Å². The molecule has 2 N–H and O–H groups in total. The molecule has 2 aromatic rings. The van der Waals surface area contributed by atoms with E-state index in [2.05, 4.69) is 16.5 Å². The summed E-state index contributed by atoms with van der Waals surface area (Å²) in [5.41, 5.74) is 1.75. The quantitative estimate of drug-likeness (QED) is 0.330. The monoisotopic (exact) mass is 601 g/mol. The highest BCUT2D eigenvalue weighted by Crippen LogP contribution is 2.45. The van der Waals surface area contributed by atoms with Crippen molar-refractivity contribution in [2.75, 3.05) is 19.7 Å². The van der Waals surface area contributed by atoms with Crippen LogP contribution in [0.15, 0.2) is 30.3 Å². The lowest BCUT2D eigenvalue weighted by molar-refractivity contribution is 0.0977. The molecular formula is C27H34Cl2FN3O3S2. The summed E-state index contributed by atoms with van der Waals surface area (Å²) in [5, 5.41) is 0.940. The summed E-state index contributed by atoms with van der Waals surface area (Å²) in [6, 6.07) is 8.67. The van der Waals surface area contributed by atoms with E-state index in [0.717, 1.165) is 49.9 Å². The molecule has 2 atom stereocenters. The standard InChI is InChI=1S/C27H32Cl2FN3O3S.H2S/c1-16(19-10-20(28)12-21(29)11-19)33-8-6-17(7-9-33)15-36-26-14-25(30)24(13-23(26)18-2-3-18)27(34)32-37(31,35)22-4-5-22;/h10-14,16-18,22H,2-9,15H2,1H3,(H2,31,32,34,35);1H2/t16-,37?;/m0./s1. The van der Waals surface area contributed by atoms with Gasteiger partial charge in [0.05, 0.1) is 17.4 Å². The van der Waals surface area contributed by atoms with Gasteiger partial charge in [-0.1, -0.05) is 23.2 Å². The minimum Gasteiger partial charge on any atom is -0.493 e. The molecule has 0 aromatic heterocycles. The smallest absolute Gasteiger partial charge is 0.266 e. The van der Waals surface area contributed by atoms with Crippen LogP contribution in [0.5, 0.6) is 5.75 Å². The summed E-state index contributed by atoms with van der Waals surface area (Å²) < 4.78 is 43.6.